The van der Waals surface area contributed by atoms with Gasteiger partial charge in [0.1, 0.15) is 5.75 Å². The summed E-state index contributed by atoms with van der Waals surface area (Å²) in [6.07, 6.45) is 2.68. The van der Waals surface area contributed by atoms with Gasteiger partial charge in [-0.05, 0) is 55.3 Å². The summed E-state index contributed by atoms with van der Waals surface area (Å²) in [7, 11) is 1.31. The van der Waals surface area contributed by atoms with Gasteiger partial charge >= 0.3 is 5.97 Å². The van der Waals surface area contributed by atoms with Gasteiger partial charge in [-0.3, -0.25) is 4.99 Å². The van der Waals surface area contributed by atoms with Crippen molar-refractivity contribution in [1.82, 2.24) is 0 Å². The van der Waals surface area contributed by atoms with Gasteiger partial charge in [0.15, 0.2) is 0 Å². The molecule has 0 unspecified atom stereocenters. The van der Waals surface area contributed by atoms with Crippen molar-refractivity contribution in [1.29, 1.82) is 0 Å². The van der Waals surface area contributed by atoms with Crippen LogP contribution >= 0.6 is 23.2 Å². The lowest BCUT2D eigenvalue weighted by molar-refractivity contribution is 0.0601. The van der Waals surface area contributed by atoms with Crippen molar-refractivity contribution in [2.24, 2.45) is 4.99 Å². The van der Waals surface area contributed by atoms with Gasteiger partial charge in [0.05, 0.1) is 34.5 Å². The Morgan fingerprint density at radius 3 is 2.56 bits per heavy atom. The van der Waals surface area contributed by atoms with Gasteiger partial charge in [0.2, 0.25) is 0 Å². The summed E-state index contributed by atoms with van der Waals surface area (Å²) >= 11 is 12.3. The first kappa shape index (κ1) is 19.3. The van der Waals surface area contributed by atoms with Crippen molar-refractivity contribution < 1.29 is 14.3 Å². The third kappa shape index (κ3) is 5.21. The van der Waals surface area contributed by atoms with Crippen LogP contribution in [0.2, 0.25) is 10.0 Å². The highest BCUT2D eigenvalue weighted by atomic mass is 35.5. The standard InChI is InChI=1S/C19H19Cl2NO3/c1-4-12(2)25-18-8-5-13(9-17(18)21)11-22-14-6-7-15(16(20)10-14)19(23)24-3/h5-12H,4H2,1-3H3/t12-/m1/s1. The molecule has 0 aliphatic carbocycles. The van der Waals surface area contributed by atoms with Crippen LogP contribution in [0.4, 0.5) is 5.69 Å². The molecule has 1 atom stereocenters. The number of carbonyl (C=O) groups excluding carboxylic acids is 1. The first-order valence-electron chi connectivity index (χ1n) is 7.82. The van der Waals surface area contributed by atoms with Gasteiger partial charge in [-0.2, -0.15) is 0 Å². The minimum Gasteiger partial charge on any atom is -0.489 e. The molecule has 132 valence electrons. The SMILES string of the molecule is CC[C@@H](C)Oc1ccc(C=Nc2ccc(C(=O)OC)c(Cl)c2)cc1Cl. The molecule has 0 N–H and O–H groups in total. The topological polar surface area (TPSA) is 47.9 Å². The molecule has 0 saturated carbocycles. The molecule has 0 fully saturated rings. The second kappa shape index (κ2) is 8.88. The van der Waals surface area contributed by atoms with E-state index < -0.39 is 5.97 Å². The Bertz CT molecular complexity index is 790. The lowest BCUT2D eigenvalue weighted by Gasteiger charge is -2.13. The molecule has 2 aromatic carbocycles. The van der Waals surface area contributed by atoms with E-state index in [1.807, 2.05) is 19.1 Å². The number of hydrogen-bond donors (Lipinski definition) is 0. The first-order chi connectivity index (χ1) is 11.9. The van der Waals surface area contributed by atoms with E-state index in [0.717, 1.165) is 12.0 Å². The van der Waals surface area contributed by atoms with Crippen LogP contribution in [-0.2, 0) is 4.74 Å². The fourth-order valence-corrected chi connectivity index (χ4v) is 2.49. The van der Waals surface area contributed by atoms with Crippen LogP contribution in [0, 0.1) is 0 Å². The summed E-state index contributed by atoms with van der Waals surface area (Å²) in [5.41, 5.74) is 1.75. The zero-order valence-electron chi connectivity index (χ0n) is 14.3. The van der Waals surface area contributed by atoms with E-state index in [1.165, 1.54) is 7.11 Å². The number of methoxy groups -OCH3 is 1. The quantitative estimate of drug-likeness (QED) is 0.477. The number of hydrogen-bond acceptors (Lipinski definition) is 4. The summed E-state index contributed by atoms with van der Waals surface area (Å²) in [4.78, 5) is 15.9. The van der Waals surface area contributed by atoms with Crippen molar-refractivity contribution >= 4 is 41.1 Å². The van der Waals surface area contributed by atoms with Crippen molar-refractivity contribution in [2.45, 2.75) is 26.4 Å². The lowest BCUT2D eigenvalue weighted by atomic mass is 10.2. The zero-order valence-corrected chi connectivity index (χ0v) is 15.8. The second-order valence-electron chi connectivity index (χ2n) is 5.44. The minimum absolute atomic E-state index is 0.104. The van der Waals surface area contributed by atoms with Crippen LogP contribution in [0.15, 0.2) is 41.4 Å². The Kier molecular flexibility index (Phi) is 6.85. The number of carbonyl (C=O) groups is 1. The molecule has 2 rings (SSSR count). The lowest BCUT2D eigenvalue weighted by Crippen LogP contribution is -2.09. The van der Waals surface area contributed by atoms with Crippen LogP contribution in [0.3, 0.4) is 0 Å². The predicted octanol–water partition coefficient (Wildman–Crippen LogP) is 5.71. The molecule has 0 aliphatic rings. The minimum atomic E-state index is -0.482. The molecule has 0 saturated heterocycles. The molecule has 6 heteroatoms. The van der Waals surface area contributed by atoms with Crippen LogP contribution in [-0.4, -0.2) is 25.4 Å². The summed E-state index contributed by atoms with van der Waals surface area (Å²) in [5.74, 6) is 0.169. The molecule has 25 heavy (non-hydrogen) atoms. The van der Waals surface area contributed by atoms with Gasteiger partial charge in [-0.15, -0.1) is 0 Å². The number of halogens is 2. The monoisotopic (exact) mass is 379 g/mol. The van der Waals surface area contributed by atoms with E-state index in [2.05, 4.69) is 16.7 Å². The van der Waals surface area contributed by atoms with E-state index in [4.69, 9.17) is 27.9 Å². The molecule has 0 aliphatic heterocycles. The number of ether oxygens (including phenoxy) is 2. The number of nitrogens with zero attached hydrogens (tertiary/aromatic N) is 1. The van der Waals surface area contributed by atoms with Crippen LogP contribution < -0.4 is 4.74 Å². The van der Waals surface area contributed by atoms with E-state index >= 15 is 0 Å². The maximum absolute atomic E-state index is 11.5. The molecule has 0 spiro atoms. The fraction of sp³-hybridized carbons (Fsp3) is 0.263. The number of benzene rings is 2. The molecule has 0 amide bonds. The number of aliphatic imine (C=N–C) groups is 1. The van der Waals surface area contributed by atoms with E-state index in [1.54, 1.807) is 30.5 Å². The van der Waals surface area contributed by atoms with E-state index in [9.17, 15) is 4.79 Å². The van der Waals surface area contributed by atoms with Crippen molar-refractivity contribution in [3.8, 4) is 5.75 Å². The Morgan fingerprint density at radius 1 is 1.20 bits per heavy atom. The first-order valence-corrected chi connectivity index (χ1v) is 8.58. The van der Waals surface area contributed by atoms with Gasteiger partial charge in [-0.25, -0.2) is 4.79 Å². The van der Waals surface area contributed by atoms with Crippen molar-refractivity contribution in [3.63, 3.8) is 0 Å². The summed E-state index contributed by atoms with van der Waals surface area (Å²) in [5, 5.41) is 0.820. The Hall–Kier alpha value is -2.04. The third-order valence-corrected chi connectivity index (χ3v) is 4.19. The van der Waals surface area contributed by atoms with Gasteiger partial charge in [0, 0.05) is 6.21 Å². The molecule has 0 bridgehead atoms. The highest BCUT2D eigenvalue weighted by molar-refractivity contribution is 6.34. The maximum Gasteiger partial charge on any atom is 0.339 e. The molecule has 0 heterocycles. The number of rotatable bonds is 6. The highest BCUT2D eigenvalue weighted by Gasteiger charge is 2.10. The van der Waals surface area contributed by atoms with Gasteiger partial charge < -0.3 is 9.47 Å². The molecular formula is C19H19Cl2NO3. The summed E-state index contributed by atoms with van der Waals surface area (Å²) in [6.45, 7) is 4.05. The van der Waals surface area contributed by atoms with E-state index in [0.29, 0.717) is 22.0 Å². The van der Waals surface area contributed by atoms with Gasteiger partial charge in [0.25, 0.3) is 0 Å². The summed E-state index contributed by atoms with van der Waals surface area (Å²) in [6, 6.07) is 10.4. The molecule has 4 nitrogen and oxygen atoms in total. The van der Waals surface area contributed by atoms with E-state index in [-0.39, 0.29) is 11.1 Å². The largest absolute Gasteiger partial charge is 0.489 e. The zero-order chi connectivity index (χ0) is 18.4. The van der Waals surface area contributed by atoms with Crippen molar-refractivity contribution in [3.05, 3.63) is 57.6 Å². The Morgan fingerprint density at radius 2 is 1.96 bits per heavy atom. The fourth-order valence-electron chi connectivity index (χ4n) is 2.00. The average molecular weight is 380 g/mol. The second-order valence-corrected chi connectivity index (χ2v) is 6.25. The molecule has 0 radical (unpaired) electrons. The van der Waals surface area contributed by atoms with Crippen molar-refractivity contribution in [2.75, 3.05) is 7.11 Å². The third-order valence-electron chi connectivity index (χ3n) is 3.58. The highest BCUT2D eigenvalue weighted by Crippen LogP contribution is 2.27. The maximum atomic E-state index is 11.5. The summed E-state index contributed by atoms with van der Waals surface area (Å²) < 4.78 is 10.4. The van der Waals surface area contributed by atoms with Crippen LogP contribution in [0.1, 0.15) is 36.2 Å². The molecule has 0 aromatic heterocycles. The average Bonchev–Trinajstić information content (AvgIpc) is 2.61. The Labute approximate surface area is 157 Å². The van der Waals surface area contributed by atoms with Gasteiger partial charge in [-0.1, -0.05) is 30.1 Å². The smallest absolute Gasteiger partial charge is 0.339 e. The molecular weight excluding hydrogens is 361 g/mol. The molecule has 2 aromatic rings. The normalized spacial score (nSPS) is 12.2. The number of esters is 1. The Balaban J connectivity index is 2.15. The van der Waals surface area contributed by atoms with Crippen LogP contribution in [0.25, 0.3) is 0 Å². The predicted molar refractivity (Wildman–Crippen MR) is 102 cm³/mol. The van der Waals surface area contributed by atoms with Crippen LogP contribution in [0.5, 0.6) is 5.75 Å².